The van der Waals surface area contributed by atoms with Crippen molar-refractivity contribution in [2.45, 2.75) is 37.8 Å². The van der Waals surface area contributed by atoms with Crippen LogP contribution in [0, 0.1) is 5.92 Å². The predicted molar refractivity (Wildman–Crippen MR) is 72.8 cm³/mol. The Bertz CT molecular complexity index is 355. The first kappa shape index (κ1) is 13.4. The Labute approximate surface area is 109 Å². The molecular weight excluding hydrogens is 226 g/mol. The van der Waals surface area contributed by atoms with Gasteiger partial charge in [-0.2, -0.15) is 0 Å². The number of ether oxygens (including phenoxy) is 1. The number of benzene rings is 1. The van der Waals surface area contributed by atoms with Crippen molar-refractivity contribution in [3.63, 3.8) is 0 Å². The summed E-state index contributed by atoms with van der Waals surface area (Å²) in [6.45, 7) is 0. The molecule has 0 heterocycles. The zero-order valence-electron chi connectivity index (χ0n) is 11.2. The van der Waals surface area contributed by atoms with E-state index in [1.165, 1.54) is 5.56 Å². The average Bonchev–Trinajstić information content (AvgIpc) is 2.42. The van der Waals surface area contributed by atoms with Gasteiger partial charge >= 0.3 is 0 Å². The summed E-state index contributed by atoms with van der Waals surface area (Å²) in [4.78, 5) is 0. The molecule has 0 aliphatic heterocycles. The van der Waals surface area contributed by atoms with Crippen molar-refractivity contribution in [1.29, 1.82) is 0 Å². The molecule has 1 aliphatic rings. The predicted octanol–water partition coefficient (Wildman–Crippen LogP) is 2.51. The van der Waals surface area contributed by atoms with E-state index in [1.807, 2.05) is 19.2 Å². The number of hydrogen-bond acceptors (Lipinski definition) is 3. The Morgan fingerprint density at radius 2 is 1.78 bits per heavy atom. The zero-order valence-corrected chi connectivity index (χ0v) is 11.2. The van der Waals surface area contributed by atoms with Crippen LogP contribution in [0.3, 0.4) is 0 Å². The second-order valence-electron chi connectivity index (χ2n) is 5.11. The van der Waals surface area contributed by atoms with Gasteiger partial charge in [-0.05, 0) is 56.3 Å². The van der Waals surface area contributed by atoms with Crippen LogP contribution in [0.4, 0.5) is 0 Å². The van der Waals surface area contributed by atoms with Crippen molar-refractivity contribution in [3.8, 4) is 5.75 Å². The van der Waals surface area contributed by atoms with Crippen molar-refractivity contribution in [2.75, 3.05) is 14.2 Å². The van der Waals surface area contributed by atoms with E-state index >= 15 is 0 Å². The summed E-state index contributed by atoms with van der Waals surface area (Å²) in [5.74, 6) is 1.51. The topological polar surface area (TPSA) is 41.5 Å². The highest BCUT2D eigenvalue weighted by Crippen LogP contribution is 2.34. The third-order valence-corrected chi connectivity index (χ3v) is 4.00. The SMILES string of the molecule is CNC(c1ccc(OC)cc1)C1CCC(O)CC1. The molecule has 1 unspecified atom stereocenters. The van der Waals surface area contributed by atoms with Crippen molar-refractivity contribution in [2.24, 2.45) is 5.92 Å². The molecule has 1 atom stereocenters. The van der Waals surface area contributed by atoms with Gasteiger partial charge in [-0.15, -0.1) is 0 Å². The van der Waals surface area contributed by atoms with E-state index in [1.54, 1.807) is 7.11 Å². The number of methoxy groups -OCH3 is 1. The highest BCUT2D eigenvalue weighted by Gasteiger charge is 2.26. The standard InChI is InChI=1S/C15H23NO2/c1-16-15(11-3-7-13(17)8-4-11)12-5-9-14(18-2)10-6-12/h5-6,9-11,13,15-17H,3-4,7-8H2,1-2H3. The number of aliphatic hydroxyl groups excluding tert-OH is 1. The van der Waals surface area contributed by atoms with Gasteiger partial charge in [0.2, 0.25) is 0 Å². The summed E-state index contributed by atoms with van der Waals surface area (Å²) in [6, 6.07) is 8.66. The van der Waals surface area contributed by atoms with Crippen LogP contribution < -0.4 is 10.1 Å². The lowest BCUT2D eigenvalue weighted by Gasteiger charge is -2.32. The minimum absolute atomic E-state index is 0.0883. The van der Waals surface area contributed by atoms with Gasteiger partial charge in [0, 0.05) is 6.04 Å². The summed E-state index contributed by atoms with van der Waals surface area (Å²) in [5, 5.41) is 13.0. The summed E-state index contributed by atoms with van der Waals surface area (Å²) < 4.78 is 5.19. The van der Waals surface area contributed by atoms with Gasteiger partial charge in [0.1, 0.15) is 5.75 Å². The first-order valence-corrected chi connectivity index (χ1v) is 6.74. The third-order valence-electron chi connectivity index (χ3n) is 4.00. The Balaban J connectivity index is 2.07. The van der Waals surface area contributed by atoms with Crippen molar-refractivity contribution in [3.05, 3.63) is 29.8 Å². The second kappa shape index (κ2) is 6.21. The molecule has 1 saturated carbocycles. The molecule has 0 radical (unpaired) electrons. The first-order chi connectivity index (χ1) is 8.74. The molecule has 0 amide bonds. The number of rotatable bonds is 4. The molecule has 2 N–H and O–H groups in total. The van der Waals surface area contributed by atoms with E-state index in [0.29, 0.717) is 12.0 Å². The smallest absolute Gasteiger partial charge is 0.118 e. The molecule has 1 aromatic carbocycles. The van der Waals surface area contributed by atoms with Crippen LogP contribution in [0.2, 0.25) is 0 Å². The maximum absolute atomic E-state index is 9.58. The molecule has 0 saturated heterocycles. The summed E-state index contributed by atoms with van der Waals surface area (Å²) in [7, 11) is 3.70. The molecule has 18 heavy (non-hydrogen) atoms. The molecule has 100 valence electrons. The number of nitrogens with one attached hydrogen (secondary N) is 1. The fraction of sp³-hybridized carbons (Fsp3) is 0.600. The van der Waals surface area contributed by atoms with Crippen molar-refractivity contribution in [1.82, 2.24) is 5.32 Å². The Hall–Kier alpha value is -1.06. The molecule has 0 spiro atoms. The van der Waals surface area contributed by atoms with Gasteiger partial charge in [0.15, 0.2) is 0 Å². The minimum atomic E-state index is -0.0883. The Kier molecular flexibility index (Phi) is 4.61. The second-order valence-corrected chi connectivity index (χ2v) is 5.11. The van der Waals surface area contributed by atoms with Gasteiger partial charge < -0.3 is 15.2 Å². The lowest BCUT2D eigenvalue weighted by Crippen LogP contribution is -2.30. The molecule has 0 bridgehead atoms. The minimum Gasteiger partial charge on any atom is -0.497 e. The van der Waals surface area contributed by atoms with Crippen LogP contribution in [0.5, 0.6) is 5.75 Å². The largest absolute Gasteiger partial charge is 0.497 e. The number of aliphatic hydroxyl groups is 1. The Morgan fingerprint density at radius 1 is 1.17 bits per heavy atom. The molecule has 1 fully saturated rings. The fourth-order valence-electron chi connectivity index (χ4n) is 2.92. The average molecular weight is 249 g/mol. The molecule has 2 rings (SSSR count). The summed E-state index contributed by atoms with van der Waals surface area (Å²) >= 11 is 0. The number of hydrogen-bond donors (Lipinski definition) is 2. The van der Waals surface area contributed by atoms with Gasteiger partial charge in [0.25, 0.3) is 0 Å². The normalized spacial score (nSPS) is 25.7. The zero-order chi connectivity index (χ0) is 13.0. The molecule has 3 heteroatoms. The maximum atomic E-state index is 9.58. The van der Waals surface area contributed by atoms with Gasteiger partial charge in [-0.25, -0.2) is 0 Å². The van der Waals surface area contributed by atoms with Crippen LogP contribution in [0.25, 0.3) is 0 Å². The van der Waals surface area contributed by atoms with Gasteiger partial charge in [-0.3, -0.25) is 0 Å². The fourth-order valence-corrected chi connectivity index (χ4v) is 2.92. The van der Waals surface area contributed by atoms with E-state index in [2.05, 4.69) is 17.4 Å². The van der Waals surface area contributed by atoms with E-state index < -0.39 is 0 Å². The third kappa shape index (κ3) is 3.03. The quantitative estimate of drug-likeness (QED) is 0.861. The van der Waals surface area contributed by atoms with Crippen molar-refractivity contribution >= 4 is 0 Å². The van der Waals surface area contributed by atoms with Gasteiger partial charge in [-0.1, -0.05) is 12.1 Å². The van der Waals surface area contributed by atoms with Crippen LogP contribution in [-0.2, 0) is 0 Å². The van der Waals surface area contributed by atoms with Crippen LogP contribution in [0.1, 0.15) is 37.3 Å². The first-order valence-electron chi connectivity index (χ1n) is 6.74. The van der Waals surface area contributed by atoms with E-state index in [9.17, 15) is 5.11 Å². The van der Waals surface area contributed by atoms with Crippen LogP contribution in [0.15, 0.2) is 24.3 Å². The van der Waals surface area contributed by atoms with E-state index in [-0.39, 0.29) is 6.10 Å². The monoisotopic (exact) mass is 249 g/mol. The highest BCUT2D eigenvalue weighted by atomic mass is 16.5. The van der Waals surface area contributed by atoms with E-state index in [0.717, 1.165) is 31.4 Å². The lowest BCUT2D eigenvalue weighted by molar-refractivity contribution is 0.0981. The molecule has 1 aliphatic carbocycles. The maximum Gasteiger partial charge on any atom is 0.118 e. The highest BCUT2D eigenvalue weighted by molar-refractivity contribution is 5.29. The molecule has 0 aromatic heterocycles. The summed E-state index contributed by atoms with van der Waals surface area (Å²) in [5.41, 5.74) is 1.31. The Morgan fingerprint density at radius 3 is 2.28 bits per heavy atom. The molecular formula is C15H23NO2. The molecule has 3 nitrogen and oxygen atoms in total. The van der Waals surface area contributed by atoms with Gasteiger partial charge in [0.05, 0.1) is 13.2 Å². The summed E-state index contributed by atoms with van der Waals surface area (Å²) in [6.07, 6.45) is 3.96. The van der Waals surface area contributed by atoms with E-state index in [4.69, 9.17) is 4.74 Å². The van der Waals surface area contributed by atoms with Crippen molar-refractivity contribution < 1.29 is 9.84 Å². The lowest BCUT2D eigenvalue weighted by atomic mass is 9.80. The van der Waals surface area contributed by atoms with Crippen LogP contribution in [-0.4, -0.2) is 25.4 Å². The molecule has 1 aromatic rings. The van der Waals surface area contributed by atoms with Crippen LogP contribution >= 0.6 is 0 Å².